The van der Waals surface area contributed by atoms with Crippen molar-refractivity contribution in [3.05, 3.63) is 53.6 Å². The van der Waals surface area contributed by atoms with Gasteiger partial charge in [-0.15, -0.1) is 24.8 Å². The lowest BCUT2D eigenvalue weighted by molar-refractivity contribution is 0.130. The molecule has 3 aromatic rings. The van der Waals surface area contributed by atoms with Gasteiger partial charge in [-0.05, 0) is 49.2 Å². The number of nitrogens with one attached hydrogen (secondary N) is 3. The minimum atomic E-state index is 0. The molecule has 1 saturated heterocycles. The first-order chi connectivity index (χ1) is 15.0. The summed E-state index contributed by atoms with van der Waals surface area (Å²) in [6.45, 7) is 3.64. The molecule has 7 nitrogen and oxygen atoms in total. The average molecular weight is 510 g/mol. The van der Waals surface area contributed by atoms with Gasteiger partial charge >= 0.3 is 0 Å². The molecule has 2 aromatic carbocycles. The van der Waals surface area contributed by atoms with E-state index in [0.717, 1.165) is 60.0 Å². The highest BCUT2D eigenvalue weighted by atomic mass is 35.5. The Labute approximate surface area is 210 Å². The predicted molar refractivity (Wildman–Crippen MR) is 141 cm³/mol. The van der Waals surface area contributed by atoms with Gasteiger partial charge in [-0.3, -0.25) is 10.8 Å². The van der Waals surface area contributed by atoms with Crippen molar-refractivity contribution in [3.8, 4) is 5.75 Å². The molecule has 0 bridgehead atoms. The lowest BCUT2D eigenvalue weighted by Crippen LogP contribution is -2.40. The summed E-state index contributed by atoms with van der Waals surface area (Å²) in [4.78, 5) is 10.0. The molecule has 0 saturated carbocycles. The van der Waals surface area contributed by atoms with Crippen molar-refractivity contribution in [1.82, 2.24) is 14.9 Å². The van der Waals surface area contributed by atoms with Crippen LogP contribution >= 0.6 is 36.6 Å². The Kier molecular flexibility index (Phi) is 9.88. The number of aromatic nitrogens is 2. The molecule has 1 fully saturated rings. The Hall–Kier alpha value is -2.42. The molecule has 0 radical (unpaired) electrons. The number of nitrogens with zero attached hydrogens (tertiary/aromatic N) is 2. The third-order valence-corrected chi connectivity index (χ3v) is 6.42. The van der Waals surface area contributed by atoms with E-state index in [1.807, 2.05) is 25.1 Å². The quantitative estimate of drug-likeness (QED) is 0.206. The van der Waals surface area contributed by atoms with Crippen LogP contribution in [0, 0.1) is 10.8 Å². The van der Waals surface area contributed by atoms with Crippen LogP contribution in [0.15, 0.2) is 47.6 Å². The van der Waals surface area contributed by atoms with E-state index in [1.54, 1.807) is 11.8 Å². The van der Waals surface area contributed by atoms with Gasteiger partial charge in [0.25, 0.3) is 0 Å². The molecule has 4 rings (SSSR count). The zero-order valence-electron chi connectivity index (χ0n) is 18.5. The van der Waals surface area contributed by atoms with Crippen LogP contribution in [0.2, 0.25) is 0 Å². The number of fused-ring (bicyclic) bond motifs is 1. The first-order valence-corrected chi connectivity index (χ1v) is 11.5. The van der Waals surface area contributed by atoms with Crippen molar-refractivity contribution < 1.29 is 4.74 Å². The monoisotopic (exact) mass is 508 g/mol. The first kappa shape index (κ1) is 26.8. The molecule has 0 atom stereocenters. The second kappa shape index (κ2) is 12.2. The highest BCUT2D eigenvalue weighted by molar-refractivity contribution is 7.99. The number of hydrogen-bond donors (Lipinski definition) is 4. The van der Waals surface area contributed by atoms with E-state index in [4.69, 9.17) is 21.3 Å². The fraction of sp³-hybridized carbons (Fsp3) is 0.348. The number of aromatic amines is 1. The van der Waals surface area contributed by atoms with Crippen LogP contribution in [0.5, 0.6) is 5.75 Å². The van der Waals surface area contributed by atoms with Gasteiger partial charge in [0.2, 0.25) is 0 Å². The zero-order valence-corrected chi connectivity index (χ0v) is 20.9. The van der Waals surface area contributed by atoms with Crippen LogP contribution < -0.4 is 10.5 Å². The van der Waals surface area contributed by atoms with E-state index in [-0.39, 0.29) is 36.8 Å². The molecule has 0 aliphatic carbocycles. The van der Waals surface area contributed by atoms with Gasteiger partial charge in [-0.2, -0.15) is 0 Å². The van der Waals surface area contributed by atoms with E-state index in [1.165, 1.54) is 5.56 Å². The minimum absolute atomic E-state index is 0. The number of nitrogen functional groups attached to an aromatic ring is 1. The van der Waals surface area contributed by atoms with E-state index >= 15 is 0 Å². The SMILES string of the molecule is CC(=N)N1CCC(Oc2ccc(CCSc3nc4ccc(C(=N)N)cc4[nH]3)cc2)CC1.Cl.Cl. The van der Waals surface area contributed by atoms with Crippen LogP contribution in [0.3, 0.4) is 0 Å². The van der Waals surface area contributed by atoms with Gasteiger partial charge in [0, 0.05) is 37.2 Å². The third-order valence-electron chi connectivity index (χ3n) is 5.54. The molecule has 1 aliphatic heterocycles. The molecule has 2 heterocycles. The minimum Gasteiger partial charge on any atom is -0.490 e. The van der Waals surface area contributed by atoms with Crippen LogP contribution in [-0.4, -0.2) is 51.5 Å². The van der Waals surface area contributed by atoms with Gasteiger partial charge in [0.05, 0.1) is 16.9 Å². The number of halogens is 2. The third kappa shape index (κ3) is 7.03. The van der Waals surface area contributed by atoms with Gasteiger partial charge in [0.1, 0.15) is 17.7 Å². The number of thioether (sulfide) groups is 1. The van der Waals surface area contributed by atoms with Crippen LogP contribution in [-0.2, 0) is 6.42 Å². The highest BCUT2D eigenvalue weighted by Crippen LogP contribution is 2.23. The number of ether oxygens (including phenoxy) is 1. The van der Waals surface area contributed by atoms with Gasteiger partial charge in [-0.1, -0.05) is 23.9 Å². The molecular weight excluding hydrogens is 479 g/mol. The second-order valence-corrected chi connectivity index (χ2v) is 8.90. The summed E-state index contributed by atoms with van der Waals surface area (Å²) in [7, 11) is 0. The fourth-order valence-corrected chi connectivity index (χ4v) is 4.60. The van der Waals surface area contributed by atoms with Crippen molar-refractivity contribution in [3.63, 3.8) is 0 Å². The number of aryl methyl sites for hydroxylation is 1. The summed E-state index contributed by atoms with van der Waals surface area (Å²) < 4.78 is 6.13. The van der Waals surface area contributed by atoms with Crippen molar-refractivity contribution >= 4 is 59.3 Å². The summed E-state index contributed by atoms with van der Waals surface area (Å²) in [5.74, 6) is 2.54. The number of benzene rings is 2. The number of piperidine rings is 1. The molecule has 0 amide bonds. The topological polar surface area (TPSA) is 115 Å². The van der Waals surface area contributed by atoms with E-state index in [2.05, 4.69) is 39.1 Å². The molecule has 1 aromatic heterocycles. The molecule has 178 valence electrons. The van der Waals surface area contributed by atoms with Crippen LogP contribution in [0.4, 0.5) is 0 Å². The smallest absolute Gasteiger partial charge is 0.166 e. The van der Waals surface area contributed by atoms with Crippen molar-refractivity contribution in [2.24, 2.45) is 5.73 Å². The van der Waals surface area contributed by atoms with Crippen molar-refractivity contribution in [1.29, 1.82) is 10.8 Å². The van der Waals surface area contributed by atoms with Crippen molar-refractivity contribution in [2.75, 3.05) is 18.8 Å². The molecule has 0 spiro atoms. The lowest BCUT2D eigenvalue weighted by atomic mass is 10.1. The Morgan fingerprint density at radius 2 is 1.85 bits per heavy atom. The maximum absolute atomic E-state index is 7.73. The number of rotatable bonds is 7. The standard InChI is InChI=1S/C23H28N6OS.2ClH/c1-15(24)29-11-8-19(9-12-29)30-18-5-2-16(3-6-18)10-13-31-23-27-20-7-4-17(22(25)26)14-21(20)28-23;;/h2-7,14,19,24H,8-13H2,1H3,(H3,25,26)(H,27,28);2*1H. The molecule has 0 unspecified atom stereocenters. The van der Waals surface area contributed by atoms with E-state index in [0.29, 0.717) is 11.4 Å². The lowest BCUT2D eigenvalue weighted by Gasteiger charge is -2.32. The fourth-order valence-electron chi connectivity index (χ4n) is 3.72. The summed E-state index contributed by atoms with van der Waals surface area (Å²) in [6.07, 6.45) is 3.09. The molecular formula is C23H30Cl2N6OS. The summed E-state index contributed by atoms with van der Waals surface area (Å²) in [5, 5.41) is 16.2. The van der Waals surface area contributed by atoms with Gasteiger partial charge in [-0.25, -0.2) is 4.98 Å². The van der Waals surface area contributed by atoms with Gasteiger partial charge < -0.3 is 20.4 Å². The number of amidine groups is 2. The zero-order chi connectivity index (χ0) is 21.8. The number of nitrogens with two attached hydrogens (primary N) is 1. The largest absolute Gasteiger partial charge is 0.490 e. The Bertz CT molecular complexity index is 1080. The van der Waals surface area contributed by atoms with E-state index in [9.17, 15) is 0 Å². The number of imidazole rings is 1. The van der Waals surface area contributed by atoms with Crippen LogP contribution in [0.25, 0.3) is 11.0 Å². The second-order valence-electron chi connectivity index (χ2n) is 7.82. The number of H-pyrrole nitrogens is 1. The summed E-state index contributed by atoms with van der Waals surface area (Å²) in [5.41, 5.74) is 9.31. The molecule has 1 aliphatic rings. The summed E-state index contributed by atoms with van der Waals surface area (Å²) >= 11 is 1.69. The normalized spacial score (nSPS) is 13.8. The predicted octanol–water partition coefficient (Wildman–Crippen LogP) is 4.87. The summed E-state index contributed by atoms with van der Waals surface area (Å²) in [6, 6.07) is 13.9. The Morgan fingerprint density at radius 1 is 1.15 bits per heavy atom. The van der Waals surface area contributed by atoms with Crippen molar-refractivity contribution in [2.45, 2.75) is 37.4 Å². The Morgan fingerprint density at radius 3 is 2.48 bits per heavy atom. The first-order valence-electron chi connectivity index (χ1n) is 10.5. The molecule has 33 heavy (non-hydrogen) atoms. The number of likely N-dealkylation sites (tertiary alicyclic amines) is 1. The average Bonchev–Trinajstić information content (AvgIpc) is 3.17. The molecule has 10 heteroatoms. The van der Waals surface area contributed by atoms with E-state index < -0.39 is 0 Å². The molecule has 5 N–H and O–H groups in total. The van der Waals surface area contributed by atoms with Crippen LogP contribution in [0.1, 0.15) is 30.9 Å². The Balaban J connectivity index is 0.00000193. The highest BCUT2D eigenvalue weighted by Gasteiger charge is 2.20. The maximum Gasteiger partial charge on any atom is 0.166 e. The number of hydrogen-bond acceptors (Lipinski definition) is 5. The maximum atomic E-state index is 7.73. The van der Waals surface area contributed by atoms with Gasteiger partial charge in [0.15, 0.2) is 5.16 Å².